The Morgan fingerprint density at radius 2 is 2.22 bits per heavy atom. The summed E-state index contributed by atoms with van der Waals surface area (Å²) in [5.41, 5.74) is 0.233. The van der Waals surface area contributed by atoms with Crippen LogP contribution in [0.25, 0.3) is 0 Å². The molecule has 0 aliphatic heterocycles. The number of sulfonamides is 1. The molecule has 1 N–H and O–H groups in total. The van der Waals surface area contributed by atoms with E-state index in [1.807, 2.05) is 12.1 Å². The Kier molecular flexibility index (Phi) is 5.76. The number of ether oxygens (including phenoxy) is 1. The van der Waals surface area contributed by atoms with E-state index in [4.69, 9.17) is 16.3 Å². The van der Waals surface area contributed by atoms with Gasteiger partial charge in [0.25, 0.3) is 0 Å². The Labute approximate surface area is 149 Å². The molecule has 0 radical (unpaired) electrons. The Morgan fingerprint density at radius 1 is 1.52 bits per heavy atom. The van der Waals surface area contributed by atoms with Crippen LogP contribution in [0.5, 0.6) is 0 Å². The lowest BCUT2D eigenvalue weighted by Crippen LogP contribution is -2.37. The predicted octanol–water partition coefficient (Wildman–Crippen LogP) is 2.91. The van der Waals surface area contributed by atoms with E-state index in [1.165, 1.54) is 7.11 Å². The van der Waals surface area contributed by atoms with Gasteiger partial charge in [-0.15, -0.1) is 0 Å². The second kappa shape index (κ2) is 7.09. The molecular formula is C15H19BrClNO4S. The lowest BCUT2D eigenvalue weighted by molar-refractivity contribution is -0.152. The van der Waals surface area contributed by atoms with E-state index in [2.05, 4.69) is 20.7 Å². The highest BCUT2D eigenvalue weighted by Gasteiger charge is 2.46. The molecule has 0 heterocycles. The van der Waals surface area contributed by atoms with Crippen molar-refractivity contribution < 1.29 is 17.9 Å². The fraction of sp³-hybridized carbons (Fsp3) is 0.533. The third-order valence-electron chi connectivity index (χ3n) is 4.13. The van der Waals surface area contributed by atoms with Crippen molar-refractivity contribution in [3.05, 3.63) is 33.3 Å². The van der Waals surface area contributed by atoms with Crippen molar-refractivity contribution in [2.75, 3.05) is 13.4 Å². The molecule has 0 spiro atoms. The molecule has 0 bridgehead atoms. The third kappa shape index (κ3) is 4.68. The van der Waals surface area contributed by atoms with Gasteiger partial charge in [-0.05, 0) is 59.3 Å². The molecular weight excluding hydrogens is 406 g/mol. The number of nitrogens with one attached hydrogen (secondary N) is 1. The number of carbonyl (C=O) groups is 1. The summed E-state index contributed by atoms with van der Waals surface area (Å²) in [6.07, 6.45) is 3.22. The van der Waals surface area contributed by atoms with Gasteiger partial charge < -0.3 is 4.74 Å². The number of hydrogen-bond donors (Lipinski definition) is 1. The first-order valence-corrected chi connectivity index (χ1v) is 10.2. The number of hydrogen-bond acceptors (Lipinski definition) is 4. The zero-order valence-electron chi connectivity index (χ0n) is 12.9. The first-order valence-electron chi connectivity index (χ1n) is 7.15. The normalized spacial score (nSPS) is 24.6. The smallest absolute Gasteiger partial charge is 0.312 e. The molecule has 0 unspecified atom stereocenters. The monoisotopic (exact) mass is 423 g/mol. The van der Waals surface area contributed by atoms with Gasteiger partial charge in [-0.3, -0.25) is 4.79 Å². The van der Waals surface area contributed by atoms with Crippen molar-refractivity contribution in [1.29, 1.82) is 0 Å². The van der Waals surface area contributed by atoms with Crippen molar-refractivity contribution >= 4 is 43.5 Å². The molecule has 1 aliphatic rings. The Bertz CT molecular complexity index is 709. The van der Waals surface area contributed by atoms with Gasteiger partial charge in [0.1, 0.15) is 0 Å². The molecule has 128 valence electrons. The third-order valence-corrected chi connectivity index (χ3v) is 6.11. The summed E-state index contributed by atoms with van der Waals surface area (Å²) >= 11 is 9.38. The maximum absolute atomic E-state index is 12.4. The van der Waals surface area contributed by atoms with Crippen molar-refractivity contribution in [2.45, 2.75) is 31.7 Å². The summed E-state index contributed by atoms with van der Waals surface area (Å²) in [6, 6.07) is 5.27. The van der Waals surface area contributed by atoms with Crippen LogP contribution < -0.4 is 4.72 Å². The van der Waals surface area contributed by atoms with Gasteiger partial charge in [-0.2, -0.15) is 0 Å². The molecule has 1 aromatic rings. The quantitative estimate of drug-likeness (QED) is 0.738. The van der Waals surface area contributed by atoms with Crippen LogP contribution in [-0.2, 0) is 26.0 Å². The van der Waals surface area contributed by atoms with E-state index in [0.717, 1.165) is 16.3 Å². The first kappa shape index (κ1) is 18.7. The summed E-state index contributed by atoms with van der Waals surface area (Å²) in [6.45, 7) is 0. The molecule has 1 aromatic carbocycles. The SMILES string of the molecule is COC(=O)[C@@]1(Cc2ccc(Cl)c(Br)c2)CC[C@H](NS(C)(=O)=O)C1. The average Bonchev–Trinajstić information content (AvgIpc) is 2.84. The average molecular weight is 425 g/mol. The van der Waals surface area contributed by atoms with Crippen LogP contribution in [0.15, 0.2) is 22.7 Å². The molecule has 1 saturated carbocycles. The summed E-state index contributed by atoms with van der Waals surface area (Å²) in [5.74, 6) is -0.304. The van der Waals surface area contributed by atoms with Crippen LogP contribution in [0.3, 0.4) is 0 Å². The summed E-state index contributed by atoms with van der Waals surface area (Å²) in [5, 5.41) is 0.601. The molecule has 8 heteroatoms. The molecule has 0 amide bonds. The number of carbonyl (C=O) groups excluding carboxylic acids is 1. The first-order chi connectivity index (χ1) is 10.6. The number of rotatable bonds is 5. The van der Waals surface area contributed by atoms with E-state index in [1.54, 1.807) is 6.07 Å². The number of benzene rings is 1. The number of methoxy groups -OCH3 is 1. The highest BCUT2D eigenvalue weighted by molar-refractivity contribution is 9.10. The maximum atomic E-state index is 12.4. The fourth-order valence-electron chi connectivity index (χ4n) is 3.20. The van der Waals surface area contributed by atoms with Crippen LogP contribution in [0.4, 0.5) is 0 Å². The van der Waals surface area contributed by atoms with Crippen LogP contribution >= 0.6 is 27.5 Å². The van der Waals surface area contributed by atoms with E-state index < -0.39 is 15.4 Å². The molecule has 0 saturated heterocycles. The largest absolute Gasteiger partial charge is 0.469 e. The van der Waals surface area contributed by atoms with Gasteiger partial charge in [-0.25, -0.2) is 13.1 Å². The van der Waals surface area contributed by atoms with Crippen LogP contribution in [0.2, 0.25) is 5.02 Å². The fourth-order valence-corrected chi connectivity index (χ4v) is 4.56. The molecule has 1 aliphatic carbocycles. The van der Waals surface area contributed by atoms with Crippen molar-refractivity contribution in [3.8, 4) is 0 Å². The molecule has 5 nitrogen and oxygen atoms in total. The Balaban J connectivity index is 2.24. The summed E-state index contributed by atoms with van der Waals surface area (Å²) in [7, 11) is -1.94. The van der Waals surface area contributed by atoms with Crippen LogP contribution in [-0.4, -0.2) is 33.8 Å². The molecule has 1 fully saturated rings. The van der Waals surface area contributed by atoms with Gasteiger partial charge in [0, 0.05) is 10.5 Å². The van der Waals surface area contributed by atoms with Gasteiger partial charge >= 0.3 is 5.97 Å². The van der Waals surface area contributed by atoms with Gasteiger partial charge in [0.15, 0.2) is 0 Å². The lowest BCUT2D eigenvalue weighted by atomic mass is 9.80. The summed E-state index contributed by atoms with van der Waals surface area (Å²) < 4.78 is 31.2. The van der Waals surface area contributed by atoms with Crippen molar-refractivity contribution in [3.63, 3.8) is 0 Å². The summed E-state index contributed by atoms with van der Waals surface area (Å²) in [4.78, 5) is 12.4. The zero-order valence-corrected chi connectivity index (χ0v) is 16.1. The predicted molar refractivity (Wildman–Crippen MR) is 92.9 cm³/mol. The second-order valence-electron chi connectivity index (χ2n) is 6.03. The Hall–Kier alpha value is -0.630. The van der Waals surface area contributed by atoms with E-state index in [0.29, 0.717) is 30.7 Å². The van der Waals surface area contributed by atoms with Crippen molar-refractivity contribution in [2.24, 2.45) is 5.41 Å². The van der Waals surface area contributed by atoms with Crippen LogP contribution in [0.1, 0.15) is 24.8 Å². The van der Waals surface area contributed by atoms with Crippen LogP contribution in [0, 0.1) is 5.41 Å². The highest BCUT2D eigenvalue weighted by atomic mass is 79.9. The van der Waals surface area contributed by atoms with E-state index in [-0.39, 0.29) is 12.0 Å². The highest BCUT2D eigenvalue weighted by Crippen LogP contribution is 2.43. The van der Waals surface area contributed by atoms with E-state index in [9.17, 15) is 13.2 Å². The minimum Gasteiger partial charge on any atom is -0.469 e. The molecule has 23 heavy (non-hydrogen) atoms. The van der Waals surface area contributed by atoms with E-state index >= 15 is 0 Å². The standard InChI is InChI=1S/C15H19BrClNO4S/c1-22-14(19)15(6-5-11(9-15)18-23(2,20)21)8-10-3-4-13(17)12(16)7-10/h3-4,7,11,18H,5-6,8-9H2,1-2H3/t11-,15+/m0/s1. The lowest BCUT2D eigenvalue weighted by Gasteiger charge is -2.26. The van der Waals surface area contributed by atoms with Gasteiger partial charge in [0.2, 0.25) is 10.0 Å². The zero-order chi connectivity index (χ0) is 17.3. The number of esters is 1. The van der Waals surface area contributed by atoms with Crippen molar-refractivity contribution in [1.82, 2.24) is 4.72 Å². The number of halogens is 2. The van der Waals surface area contributed by atoms with Gasteiger partial charge in [0.05, 0.1) is 23.8 Å². The molecule has 0 aromatic heterocycles. The Morgan fingerprint density at radius 3 is 2.78 bits per heavy atom. The minimum atomic E-state index is -3.30. The molecule has 2 rings (SSSR count). The minimum absolute atomic E-state index is 0.250. The molecule has 2 atom stereocenters. The topological polar surface area (TPSA) is 72.5 Å². The second-order valence-corrected chi connectivity index (χ2v) is 9.07. The van der Waals surface area contributed by atoms with Gasteiger partial charge in [-0.1, -0.05) is 17.7 Å². The maximum Gasteiger partial charge on any atom is 0.312 e.